The van der Waals surface area contributed by atoms with E-state index in [1.165, 1.54) is 12.1 Å². The van der Waals surface area contributed by atoms with Gasteiger partial charge in [0.1, 0.15) is 6.61 Å². The lowest BCUT2D eigenvalue weighted by molar-refractivity contribution is -0.384. The number of nitro benzene ring substituents is 1. The van der Waals surface area contributed by atoms with Gasteiger partial charge < -0.3 is 4.84 Å². The predicted octanol–water partition coefficient (Wildman–Crippen LogP) is 3.54. The monoisotopic (exact) mass is 270 g/mol. The van der Waals surface area contributed by atoms with Crippen molar-refractivity contribution in [1.82, 2.24) is 0 Å². The zero-order chi connectivity index (χ0) is 14.4. The van der Waals surface area contributed by atoms with Crippen molar-refractivity contribution in [2.45, 2.75) is 13.5 Å². The summed E-state index contributed by atoms with van der Waals surface area (Å²) < 4.78 is 0. The Kier molecular flexibility index (Phi) is 4.44. The number of non-ortho nitro benzene ring substituents is 1. The van der Waals surface area contributed by atoms with Crippen molar-refractivity contribution in [2.75, 3.05) is 0 Å². The first-order valence-electron chi connectivity index (χ1n) is 6.12. The third kappa shape index (κ3) is 3.65. The van der Waals surface area contributed by atoms with Crippen molar-refractivity contribution in [3.63, 3.8) is 0 Å². The molecule has 5 heteroatoms. The summed E-state index contributed by atoms with van der Waals surface area (Å²) in [6.07, 6.45) is 0. The number of rotatable bonds is 5. The molecule has 0 saturated carbocycles. The van der Waals surface area contributed by atoms with Gasteiger partial charge in [-0.05, 0) is 30.2 Å². The van der Waals surface area contributed by atoms with E-state index in [1.54, 1.807) is 12.1 Å². The van der Waals surface area contributed by atoms with E-state index in [0.29, 0.717) is 0 Å². The number of nitrogens with zero attached hydrogens (tertiary/aromatic N) is 2. The molecule has 0 fully saturated rings. The quantitative estimate of drug-likeness (QED) is 0.474. The number of benzene rings is 2. The van der Waals surface area contributed by atoms with Crippen molar-refractivity contribution < 1.29 is 9.76 Å². The molecule has 0 spiro atoms. The van der Waals surface area contributed by atoms with Crippen LogP contribution in [0.5, 0.6) is 0 Å². The first-order chi connectivity index (χ1) is 9.66. The highest BCUT2D eigenvalue weighted by molar-refractivity contribution is 5.98. The molecule has 20 heavy (non-hydrogen) atoms. The van der Waals surface area contributed by atoms with E-state index in [0.717, 1.165) is 16.8 Å². The van der Waals surface area contributed by atoms with Crippen LogP contribution in [0, 0.1) is 10.1 Å². The van der Waals surface area contributed by atoms with Crippen LogP contribution in [0.4, 0.5) is 5.69 Å². The van der Waals surface area contributed by atoms with Crippen LogP contribution >= 0.6 is 0 Å². The molecule has 0 atom stereocenters. The van der Waals surface area contributed by atoms with Gasteiger partial charge in [0.25, 0.3) is 5.69 Å². The van der Waals surface area contributed by atoms with Gasteiger partial charge >= 0.3 is 0 Å². The molecule has 0 radical (unpaired) electrons. The highest BCUT2D eigenvalue weighted by atomic mass is 16.6. The normalized spacial score (nSPS) is 11.2. The summed E-state index contributed by atoms with van der Waals surface area (Å²) in [6, 6.07) is 15.9. The molecule has 0 bridgehead atoms. The summed E-state index contributed by atoms with van der Waals surface area (Å²) in [6.45, 7) is 2.15. The van der Waals surface area contributed by atoms with Gasteiger partial charge in [0, 0.05) is 12.1 Å². The molecule has 0 aliphatic rings. The Morgan fingerprint density at radius 2 is 1.80 bits per heavy atom. The van der Waals surface area contributed by atoms with Crippen LogP contribution in [0.3, 0.4) is 0 Å². The highest BCUT2D eigenvalue weighted by Gasteiger charge is 2.04. The first kappa shape index (κ1) is 13.7. The second-order valence-electron chi connectivity index (χ2n) is 4.24. The van der Waals surface area contributed by atoms with Gasteiger partial charge in [-0.3, -0.25) is 10.1 Å². The van der Waals surface area contributed by atoms with Gasteiger partial charge in [-0.15, -0.1) is 0 Å². The molecular weight excluding hydrogens is 256 g/mol. The third-order valence-electron chi connectivity index (χ3n) is 2.77. The topological polar surface area (TPSA) is 64.7 Å². The fourth-order valence-electron chi connectivity index (χ4n) is 1.65. The molecule has 102 valence electrons. The van der Waals surface area contributed by atoms with Crippen molar-refractivity contribution in [1.29, 1.82) is 0 Å². The number of hydrogen-bond donors (Lipinski definition) is 0. The number of oxime groups is 1. The van der Waals surface area contributed by atoms with Crippen LogP contribution < -0.4 is 0 Å². The molecule has 2 rings (SSSR count). The SMILES string of the molecule is CC(=NOCc1ccc([N+](=O)[O-])cc1)c1ccccc1. The second-order valence-corrected chi connectivity index (χ2v) is 4.24. The molecular formula is C15H14N2O3. The molecule has 0 N–H and O–H groups in total. The minimum absolute atomic E-state index is 0.0673. The van der Waals surface area contributed by atoms with Crippen molar-refractivity contribution >= 4 is 11.4 Å². The minimum Gasteiger partial charge on any atom is -0.391 e. The maximum absolute atomic E-state index is 10.5. The summed E-state index contributed by atoms with van der Waals surface area (Å²) in [5, 5.41) is 14.6. The smallest absolute Gasteiger partial charge is 0.269 e. The summed E-state index contributed by atoms with van der Waals surface area (Å²) in [5.41, 5.74) is 2.68. The van der Waals surface area contributed by atoms with E-state index in [4.69, 9.17) is 4.84 Å². The first-order valence-corrected chi connectivity index (χ1v) is 6.12. The Balaban J connectivity index is 1.94. The Morgan fingerprint density at radius 1 is 1.15 bits per heavy atom. The Labute approximate surface area is 116 Å². The molecule has 0 heterocycles. The fourth-order valence-corrected chi connectivity index (χ4v) is 1.65. The molecule has 0 aromatic heterocycles. The zero-order valence-electron chi connectivity index (χ0n) is 11.0. The maximum atomic E-state index is 10.5. The zero-order valence-corrected chi connectivity index (χ0v) is 11.0. The van der Waals surface area contributed by atoms with Crippen LogP contribution in [0.25, 0.3) is 0 Å². The van der Waals surface area contributed by atoms with Crippen LogP contribution in [0.1, 0.15) is 18.1 Å². The Hall–Kier alpha value is -2.69. The second kappa shape index (κ2) is 6.47. The molecule has 0 saturated heterocycles. The number of hydrogen-bond acceptors (Lipinski definition) is 4. The molecule has 0 aliphatic heterocycles. The standard InChI is InChI=1S/C15H14N2O3/c1-12(14-5-3-2-4-6-14)16-20-11-13-7-9-15(10-8-13)17(18)19/h2-10H,11H2,1H3. The average molecular weight is 270 g/mol. The van der Waals surface area contributed by atoms with Crippen LogP contribution in [0.15, 0.2) is 59.8 Å². The van der Waals surface area contributed by atoms with Crippen molar-refractivity contribution in [2.24, 2.45) is 5.16 Å². The van der Waals surface area contributed by atoms with E-state index < -0.39 is 4.92 Å². The maximum Gasteiger partial charge on any atom is 0.269 e. The minimum atomic E-state index is -0.428. The summed E-state index contributed by atoms with van der Waals surface area (Å²) in [7, 11) is 0. The van der Waals surface area contributed by atoms with E-state index in [2.05, 4.69) is 5.16 Å². The lowest BCUT2D eigenvalue weighted by atomic mass is 10.1. The van der Waals surface area contributed by atoms with Gasteiger partial charge in [-0.1, -0.05) is 35.5 Å². The largest absolute Gasteiger partial charge is 0.391 e. The Bertz CT molecular complexity index is 607. The lowest BCUT2D eigenvalue weighted by Crippen LogP contribution is -1.96. The summed E-state index contributed by atoms with van der Waals surface area (Å²) in [4.78, 5) is 15.4. The average Bonchev–Trinajstić information content (AvgIpc) is 2.48. The highest BCUT2D eigenvalue weighted by Crippen LogP contribution is 2.12. The van der Waals surface area contributed by atoms with Crippen LogP contribution in [0.2, 0.25) is 0 Å². The van der Waals surface area contributed by atoms with E-state index >= 15 is 0 Å². The molecule has 2 aromatic carbocycles. The molecule has 2 aromatic rings. The van der Waals surface area contributed by atoms with Crippen LogP contribution in [-0.4, -0.2) is 10.6 Å². The third-order valence-corrected chi connectivity index (χ3v) is 2.77. The van der Waals surface area contributed by atoms with Gasteiger partial charge in [0.05, 0.1) is 10.6 Å². The van der Waals surface area contributed by atoms with Crippen molar-refractivity contribution in [3.05, 3.63) is 75.8 Å². The molecule has 0 unspecified atom stereocenters. The molecule has 0 aliphatic carbocycles. The summed E-state index contributed by atoms with van der Waals surface area (Å²) >= 11 is 0. The van der Waals surface area contributed by atoms with E-state index in [9.17, 15) is 10.1 Å². The summed E-state index contributed by atoms with van der Waals surface area (Å²) in [5.74, 6) is 0. The van der Waals surface area contributed by atoms with Gasteiger partial charge in [0.2, 0.25) is 0 Å². The van der Waals surface area contributed by atoms with Gasteiger partial charge in [-0.25, -0.2) is 0 Å². The van der Waals surface area contributed by atoms with E-state index in [1.807, 2.05) is 37.3 Å². The van der Waals surface area contributed by atoms with Gasteiger partial charge in [-0.2, -0.15) is 0 Å². The number of nitro groups is 1. The predicted molar refractivity (Wildman–Crippen MR) is 76.5 cm³/mol. The fraction of sp³-hybridized carbons (Fsp3) is 0.133. The lowest BCUT2D eigenvalue weighted by Gasteiger charge is -2.02. The van der Waals surface area contributed by atoms with Gasteiger partial charge in [0.15, 0.2) is 0 Å². The van der Waals surface area contributed by atoms with E-state index in [-0.39, 0.29) is 12.3 Å². The van der Waals surface area contributed by atoms with Crippen molar-refractivity contribution in [3.8, 4) is 0 Å². The van der Waals surface area contributed by atoms with Crippen LogP contribution in [-0.2, 0) is 11.4 Å². The molecule has 0 amide bonds. The molecule has 5 nitrogen and oxygen atoms in total. The Morgan fingerprint density at radius 3 is 2.40 bits per heavy atom.